The molecule has 1 saturated heterocycles. The highest BCUT2D eigenvalue weighted by Crippen LogP contribution is 2.33. The lowest BCUT2D eigenvalue weighted by Gasteiger charge is -2.17. The molecule has 4 nitrogen and oxygen atoms in total. The first-order valence-electron chi connectivity index (χ1n) is 6.57. The molecular weight excluding hydrogens is 228 g/mol. The third kappa shape index (κ3) is 2.20. The molecule has 2 atom stereocenters. The fourth-order valence-corrected chi connectivity index (χ4v) is 2.93. The number of phenolic OH excluding ortho intramolecular Hbond substituents is 1. The van der Waals surface area contributed by atoms with Gasteiger partial charge in [0.15, 0.2) is 0 Å². The van der Waals surface area contributed by atoms with E-state index in [9.17, 15) is 9.90 Å². The Hall–Kier alpha value is -1.55. The molecule has 0 radical (unpaired) electrons. The van der Waals surface area contributed by atoms with Crippen LogP contribution in [-0.4, -0.2) is 23.6 Å². The van der Waals surface area contributed by atoms with E-state index >= 15 is 0 Å². The van der Waals surface area contributed by atoms with Crippen LogP contribution < -0.4 is 10.6 Å². The first kappa shape index (κ1) is 11.5. The average molecular weight is 246 g/mol. The summed E-state index contributed by atoms with van der Waals surface area (Å²) in [6, 6.07) is 6.24. The number of nitrogens with one attached hydrogen (secondary N) is 2. The van der Waals surface area contributed by atoms with E-state index < -0.39 is 0 Å². The van der Waals surface area contributed by atoms with Gasteiger partial charge in [-0.25, -0.2) is 0 Å². The zero-order valence-electron chi connectivity index (χ0n) is 10.3. The van der Waals surface area contributed by atoms with Crippen LogP contribution in [0.5, 0.6) is 5.75 Å². The molecule has 0 saturated carbocycles. The second-order valence-electron chi connectivity index (χ2n) is 5.19. The fourth-order valence-electron chi connectivity index (χ4n) is 2.93. The predicted molar refractivity (Wildman–Crippen MR) is 68.3 cm³/mol. The molecule has 4 heteroatoms. The van der Waals surface area contributed by atoms with Crippen LogP contribution in [-0.2, 0) is 11.2 Å². The quantitative estimate of drug-likeness (QED) is 0.752. The molecule has 3 rings (SSSR count). The molecule has 1 aliphatic carbocycles. The van der Waals surface area contributed by atoms with E-state index in [-0.39, 0.29) is 11.9 Å². The molecule has 1 aromatic rings. The molecule has 1 amide bonds. The van der Waals surface area contributed by atoms with Gasteiger partial charge in [0.05, 0.1) is 0 Å². The van der Waals surface area contributed by atoms with Crippen molar-refractivity contribution in [3.8, 4) is 5.75 Å². The average Bonchev–Trinajstić information content (AvgIpc) is 2.92. The van der Waals surface area contributed by atoms with Gasteiger partial charge >= 0.3 is 0 Å². The number of benzene rings is 1. The molecule has 3 N–H and O–H groups in total. The summed E-state index contributed by atoms with van der Waals surface area (Å²) >= 11 is 0. The van der Waals surface area contributed by atoms with E-state index in [0.29, 0.717) is 18.2 Å². The monoisotopic (exact) mass is 246 g/mol. The van der Waals surface area contributed by atoms with Crippen molar-refractivity contribution in [3.05, 3.63) is 29.3 Å². The summed E-state index contributed by atoms with van der Waals surface area (Å²) in [5.41, 5.74) is 2.53. The number of hydrogen-bond acceptors (Lipinski definition) is 3. The first-order valence-corrected chi connectivity index (χ1v) is 6.57. The molecule has 0 aromatic heterocycles. The molecule has 2 unspecified atom stereocenters. The van der Waals surface area contributed by atoms with Crippen molar-refractivity contribution in [3.63, 3.8) is 0 Å². The topological polar surface area (TPSA) is 61.4 Å². The molecule has 1 heterocycles. The smallest absolute Gasteiger partial charge is 0.220 e. The molecule has 0 spiro atoms. The minimum atomic E-state index is 0.165. The van der Waals surface area contributed by atoms with Crippen molar-refractivity contribution in [2.75, 3.05) is 6.54 Å². The lowest BCUT2D eigenvalue weighted by molar-refractivity contribution is -0.119. The maximum atomic E-state index is 11.1. The Morgan fingerprint density at radius 3 is 3.00 bits per heavy atom. The second-order valence-corrected chi connectivity index (χ2v) is 5.19. The van der Waals surface area contributed by atoms with Crippen molar-refractivity contribution in [2.24, 2.45) is 0 Å². The van der Waals surface area contributed by atoms with Gasteiger partial charge in [0.2, 0.25) is 5.91 Å². The standard InChI is InChI=1S/C14H18N2O2/c17-11-3-4-12-9(7-11)1-5-13(12)15-8-10-2-6-14(18)16-10/h3-4,7,10,13,15,17H,1-2,5-6,8H2,(H,16,18). The van der Waals surface area contributed by atoms with Crippen LogP contribution in [0.3, 0.4) is 0 Å². The van der Waals surface area contributed by atoms with Crippen LogP contribution in [0.2, 0.25) is 0 Å². The molecule has 96 valence electrons. The Morgan fingerprint density at radius 1 is 1.33 bits per heavy atom. The summed E-state index contributed by atoms with van der Waals surface area (Å²) in [5.74, 6) is 0.510. The van der Waals surface area contributed by atoms with E-state index in [1.54, 1.807) is 6.07 Å². The minimum Gasteiger partial charge on any atom is -0.508 e. The Kier molecular flexibility index (Phi) is 2.96. The van der Waals surface area contributed by atoms with E-state index in [0.717, 1.165) is 25.8 Å². The summed E-state index contributed by atoms with van der Waals surface area (Å²) in [6.07, 6.45) is 3.67. The molecule has 2 aliphatic rings. The number of aromatic hydroxyl groups is 1. The van der Waals surface area contributed by atoms with Gasteiger partial charge in [-0.05, 0) is 42.5 Å². The van der Waals surface area contributed by atoms with Crippen LogP contribution in [0.25, 0.3) is 0 Å². The fraction of sp³-hybridized carbons (Fsp3) is 0.500. The van der Waals surface area contributed by atoms with Gasteiger partial charge in [-0.2, -0.15) is 0 Å². The van der Waals surface area contributed by atoms with Crippen LogP contribution >= 0.6 is 0 Å². The van der Waals surface area contributed by atoms with Crippen LogP contribution in [0.4, 0.5) is 0 Å². The van der Waals surface area contributed by atoms with Crippen molar-refractivity contribution >= 4 is 5.91 Å². The maximum absolute atomic E-state index is 11.1. The second kappa shape index (κ2) is 4.61. The minimum absolute atomic E-state index is 0.165. The van der Waals surface area contributed by atoms with E-state index in [1.165, 1.54) is 11.1 Å². The Labute approximate surface area is 106 Å². The normalized spacial score (nSPS) is 26.1. The molecule has 18 heavy (non-hydrogen) atoms. The van der Waals surface area contributed by atoms with Crippen LogP contribution in [0.1, 0.15) is 36.4 Å². The van der Waals surface area contributed by atoms with Gasteiger partial charge in [0, 0.05) is 25.0 Å². The third-order valence-corrected chi connectivity index (χ3v) is 3.90. The highest BCUT2D eigenvalue weighted by atomic mass is 16.3. The molecular formula is C14H18N2O2. The Morgan fingerprint density at radius 2 is 2.22 bits per heavy atom. The number of aryl methyl sites for hydroxylation is 1. The van der Waals surface area contributed by atoms with Crippen molar-refractivity contribution in [2.45, 2.75) is 37.8 Å². The summed E-state index contributed by atoms with van der Waals surface area (Å²) in [7, 11) is 0. The number of fused-ring (bicyclic) bond motifs is 1. The van der Waals surface area contributed by atoms with Crippen LogP contribution in [0.15, 0.2) is 18.2 Å². The number of rotatable bonds is 3. The molecule has 1 aromatic carbocycles. The van der Waals surface area contributed by atoms with Crippen molar-refractivity contribution in [1.29, 1.82) is 0 Å². The maximum Gasteiger partial charge on any atom is 0.220 e. The number of phenols is 1. The number of carbonyl (C=O) groups is 1. The number of hydrogen-bond donors (Lipinski definition) is 3. The van der Waals surface area contributed by atoms with Gasteiger partial charge in [-0.15, -0.1) is 0 Å². The lowest BCUT2D eigenvalue weighted by atomic mass is 10.1. The zero-order valence-corrected chi connectivity index (χ0v) is 10.3. The van der Waals surface area contributed by atoms with E-state index in [1.807, 2.05) is 12.1 Å². The molecule has 1 fully saturated rings. The largest absolute Gasteiger partial charge is 0.508 e. The van der Waals surface area contributed by atoms with E-state index in [2.05, 4.69) is 10.6 Å². The van der Waals surface area contributed by atoms with Crippen molar-refractivity contribution in [1.82, 2.24) is 10.6 Å². The highest BCUT2D eigenvalue weighted by molar-refractivity contribution is 5.78. The van der Waals surface area contributed by atoms with Gasteiger partial charge in [-0.1, -0.05) is 6.07 Å². The Balaban J connectivity index is 1.61. The molecule has 1 aliphatic heterocycles. The number of amides is 1. The summed E-state index contributed by atoms with van der Waals surface area (Å²) < 4.78 is 0. The first-order chi connectivity index (χ1) is 8.72. The number of carbonyl (C=O) groups excluding carboxylic acids is 1. The third-order valence-electron chi connectivity index (χ3n) is 3.90. The summed E-state index contributed by atoms with van der Waals surface area (Å²) in [6.45, 7) is 0.830. The summed E-state index contributed by atoms with van der Waals surface area (Å²) in [4.78, 5) is 11.1. The lowest BCUT2D eigenvalue weighted by Crippen LogP contribution is -2.36. The van der Waals surface area contributed by atoms with Gasteiger partial charge < -0.3 is 15.7 Å². The highest BCUT2D eigenvalue weighted by Gasteiger charge is 2.25. The van der Waals surface area contributed by atoms with Gasteiger partial charge in [-0.3, -0.25) is 4.79 Å². The van der Waals surface area contributed by atoms with Crippen LogP contribution in [0, 0.1) is 0 Å². The van der Waals surface area contributed by atoms with Gasteiger partial charge in [0.25, 0.3) is 0 Å². The predicted octanol–water partition coefficient (Wildman–Crippen LogP) is 1.25. The molecule has 0 bridgehead atoms. The Bertz CT molecular complexity index is 473. The SMILES string of the molecule is O=C1CCC(CNC2CCc3cc(O)ccc32)N1. The van der Waals surface area contributed by atoms with E-state index in [4.69, 9.17) is 0 Å². The van der Waals surface area contributed by atoms with Gasteiger partial charge in [0.1, 0.15) is 5.75 Å². The summed E-state index contributed by atoms with van der Waals surface area (Å²) in [5, 5.41) is 15.9. The van der Waals surface area contributed by atoms with Crippen molar-refractivity contribution < 1.29 is 9.90 Å². The zero-order chi connectivity index (χ0) is 12.5.